The Morgan fingerprint density at radius 1 is 1.00 bits per heavy atom. The lowest BCUT2D eigenvalue weighted by molar-refractivity contribution is -0.312. The maximum Gasteiger partial charge on any atom is 0.243 e. The number of aliphatic hydroxyl groups excluding tert-OH is 1. The Balaban J connectivity index is 1.18. The first-order valence-corrected chi connectivity index (χ1v) is 12.7. The molecule has 8 unspecified atom stereocenters. The number of fused-ring (bicyclic) bond motifs is 5. The van der Waals surface area contributed by atoms with Crippen molar-refractivity contribution < 1.29 is 24.1 Å². The SMILES string of the molecule is Nc1nc(OCc2ccccc2)c2c(n1)C1NC1CC1OC3COC(c4ccccc4)OC3C(O)C1N2. The van der Waals surface area contributed by atoms with Crippen molar-refractivity contribution >= 4 is 11.6 Å². The van der Waals surface area contributed by atoms with Crippen LogP contribution in [-0.4, -0.2) is 58.2 Å². The predicted molar refractivity (Wildman–Crippen MR) is 134 cm³/mol. The van der Waals surface area contributed by atoms with E-state index in [2.05, 4.69) is 20.6 Å². The van der Waals surface area contributed by atoms with Crippen molar-refractivity contribution in [3.63, 3.8) is 0 Å². The number of aliphatic hydroxyl groups is 1. The molecule has 10 heteroatoms. The average Bonchev–Trinajstić information content (AvgIpc) is 3.68. The van der Waals surface area contributed by atoms with Crippen LogP contribution in [0.4, 0.5) is 11.6 Å². The summed E-state index contributed by atoms with van der Waals surface area (Å²) in [6, 6.07) is 19.3. The van der Waals surface area contributed by atoms with E-state index in [1.54, 1.807) is 0 Å². The molecule has 2 aromatic carbocycles. The predicted octanol–water partition coefficient (Wildman–Crippen LogP) is 2.08. The average molecular weight is 504 g/mol. The summed E-state index contributed by atoms with van der Waals surface area (Å²) in [5, 5.41) is 18.6. The van der Waals surface area contributed by atoms with Crippen LogP contribution in [0.1, 0.15) is 35.6 Å². The maximum atomic E-state index is 11.6. The second kappa shape index (κ2) is 9.23. The van der Waals surface area contributed by atoms with Gasteiger partial charge in [-0.3, -0.25) is 0 Å². The lowest BCUT2D eigenvalue weighted by Crippen LogP contribution is -2.64. The number of benzene rings is 2. The third kappa shape index (κ3) is 4.30. The van der Waals surface area contributed by atoms with Gasteiger partial charge in [0, 0.05) is 11.6 Å². The third-order valence-electron chi connectivity index (χ3n) is 7.50. The molecule has 3 saturated heterocycles. The first-order valence-electron chi connectivity index (χ1n) is 12.7. The fourth-order valence-corrected chi connectivity index (χ4v) is 5.59. The molecule has 5 N–H and O–H groups in total. The molecule has 5 heterocycles. The van der Waals surface area contributed by atoms with Crippen LogP contribution >= 0.6 is 0 Å². The van der Waals surface area contributed by atoms with Crippen LogP contribution in [0.5, 0.6) is 5.88 Å². The van der Waals surface area contributed by atoms with E-state index in [9.17, 15) is 5.11 Å². The van der Waals surface area contributed by atoms with Gasteiger partial charge in [-0.05, 0) is 12.0 Å². The number of nitrogen functional groups attached to an aromatic ring is 1. The fourth-order valence-electron chi connectivity index (χ4n) is 5.59. The highest BCUT2D eigenvalue weighted by atomic mass is 16.7. The molecule has 10 nitrogen and oxygen atoms in total. The lowest BCUT2D eigenvalue weighted by Gasteiger charge is -2.49. The topological polar surface area (TPSA) is 143 Å². The highest BCUT2D eigenvalue weighted by Crippen LogP contribution is 2.45. The Hall–Kier alpha value is -3.28. The molecule has 3 aromatic rings. The first-order chi connectivity index (χ1) is 18.1. The van der Waals surface area contributed by atoms with Gasteiger partial charge in [0.2, 0.25) is 11.8 Å². The molecule has 37 heavy (non-hydrogen) atoms. The van der Waals surface area contributed by atoms with E-state index in [0.717, 1.165) is 16.8 Å². The molecule has 192 valence electrons. The first kappa shape index (κ1) is 22.9. The summed E-state index contributed by atoms with van der Waals surface area (Å²) in [5.74, 6) is 0.496. The summed E-state index contributed by atoms with van der Waals surface area (Å²) in [4.78, 5) is 8.94. The van der Waals surface area contributed by atoms with Gasteiger partial charge in [0.1, 0.15) is 30.6 Å². The molecule has 8 atom stereocenters. The minimum Gasteiger partial charge on any atom is -0.471 e. The van der Waals surface area contributed by atoms with Crippen LogP contribution in [0.3, 0.4) is 0 Å². The highest BCUT2D eigenvalue weighted by molar-refractivity contribution is 5.62. The molecule has 0 radical (unpaired) electrons. The van der Waals surface area contributed by atoms with Crippen LogP contribution in [0, 0.1) is 0 Å². The van der Waals surface area contributed by atoms with E-state index < -0.39 is 24.5 Å². The molecule has 0 spiro atoms. The maximum absolute atomic E-state index is 11.6. The van der Waals surface area contributed by atoms with Crippen LogP contribution in [-0.2, 0) is 20.8 Å². The Labute approximate surface area is 214 Å². The van der Waals surface area contributed by atoms with E-state index in [-0.39, 0.29) is 30.2 Å². The van der Waals surface area contributed by atoms with Gasteiger partial charge in [-0.1, -0.05) is 60.7 Å². The zero-order valence-corrected chi connectivity index (χ0v) is 20.1. The van der Waals surface area contributed by atoms with Gasteiger partial charge in [-0.2, -0.15) is 4.98 Å². The molecule has 3 fully saturated rings. The minimum absolute atomic E-state index is 0.00704. The zero-order valence-electron chi connectivity index (χ0n) is 20.1. The standard InChI is InChI=1S/C27H29N5O5/c28-27-31-21-19-16(29-19)11-17-20(30-22(21)25(32-27)34-12-14-7-3-1-4-8-14)23(33)24-18(36-17)13-35-26(37-24)15-9-5-2-6-10-15/h1-10,16-20,23-24,26,29-30,33H,11-13H2,(H2,28,31,32). The van der Waals surface area contributed by atoms with Crippen LogP contribution in [0.15, 0.2) is 60.7 Å². The number of nitrogens with zero attached hydrogens (tertiary/aromatic N) is 2. The van der Waals surface area contributed by atoms with E-state index in [0.29, 0.717) is 31.2 Å². The zero-order chi connectivity index (χ0) is 24.9. The Bertz CT molecular complexity index is 1260. The van der Waals surface area contributed by atoms with E-state index in [1.807, 2.05) is 60.7 Å². The van der Waals surface area contributed by atoms with Gasteiger partial charge in [0.15, 0.2) is 6.29 Å². The smallest absolute Gasteiger partial charge is 0.243 e. The van der Waals surface area contributed by atoms with Crippen molar-refractivity contribution in [2.75, 3.05) is 17.7 Å². The number of ether oxygens (including phenoxy) is 4. The minimum atomic E-state index is -0.860. The van der Waals surface area contributed by atoms with Gasteiger partial charge < -0.3 is 40.4 Å². The molecular formula is C27H29N5O5. The van der Waals surface area contributed by atoms with Crippen molar-refractivity contribution in [3.8, 4) is 5.88 Å². The number of hydrogen-bond acceptors (Lipinski definition) is 10. The highest BCUT2D eigenvalue weighted by Gasteiger charge is 2.54. The number of hydrogen-bond donors (Lipinski definition) is 4. The van der Waals surface area contributed by atoms with E-state index in [1.165, 1.54) is 0 Å². The second-order valence-electron chi connectivity index (χ2n) is 9.96. The van der Waals surface area contributed by atoms with Gasteiger partial charge >= 0.3 is 0 Å². The monoisotopic (exact) mass is 503 g/mol. The molecule has 0 bridgehead atoms. The number of nitrogens with one attached hydrogen (secondary N) is 2. The molecule has 0 amide bonds. The summed E-state index contributed by atoms with van der Waals surface area (Å²) < 4.78 is 24.8. The molecular weight excluding hydrogens is 474 g/mol. The molecule has 1 aromatic heterocycles. The van der Waals surface area contributed by atoms with Crippen LogP contribution in [0.2, 0.25) is 0 Å². The summed E-state index contributed by atoms with van der Waals surface area (Å²) in [6.07, 6.45) is -1.93. The summed E-state index contributed by atoms with van der Waals surface area (Å²) in [6.45, 7) is 0.664. The number of rotatable bonds is 4. The summed E-state index contributed by atoms with van der Waals surface area (Å²) in [5.41, 5.74) is 9.34. The molecule has 0 saturated carbocycles. The van der Waals surface area contributed by atoms with Crippen molar-refractivity contribution in [2.45, 2.75) is 61.9 Å². The number of anilines is 2. The quantitative estimate of drug-likeness (QED) is 0.391. The van der Waals surface area contributed by atoms with Crippen molar-refractivity contribution in [2.24, 2.45) is 0 Å². The number of aromatic nitrogens is 2. The second-order valence-corrected chi connectivity index (χ2v) is 9.96. The Morgan fingerprint density at radius 3 is 2.59 bits per heavy atom. The van der Waals surface area contributed by atoms with Gasteiger partial charge in [0.25, 0.3) is 0 Å². The van der Waals surface area contributed by atoms with Crippen LogP contribution < -0.4 is 21.1 Å². The Kier molecular flexibility index (Phi) is 5.71. The van der Waals surface area contributed by atoms with E-state index >= 15 is 0 Å². The van der Waals surface area contributed by atoms with Gasteiger partial charge in [-0.15, -0.1) is 0 Å². The van der Waals surface area contributed by atoms with E-state index in [4.69, 9.17) is 24.7 Å². The van der Waals surface area contributed by atoms with Crippen LogP contribution in [0.25, 0.3) is 0 Å². The van der Waals surface area contributed by atoms with Crippen molar-refractivity contribution in [3.05, 3.63) is 77.5 Å². The van der Waals surface area contributed by atoms with Gasteiger partial charge in [-0.25, -0.2) is 4.98 Å². The normalized spacial score (nSPS) is 33.9. The molecule has 7 rings (SSSR count). The summed E-state index contributed by atoms with van der Waals surface area (Å²) >= 11 is 0. The van der Waals surface area contributed by atoms with Crippen molar-refractivity contribution in [1.82, 2.24) is 15.3 Å². The third-order valence-corrected chi connectivity index (χ3v) is 7.50. The van der Waals surface area contributed by atoms with Gasteiger partial charge in [0.05, 0.1) is 30.5 Å². The molecule has 4 aliphatic rings. The fraction of sp³-hybridized carbons (Fsp3) is 0.407. The largest absolute Gasteiger partial charge is 0.471 e. The van der Waals surface area contributed by atoms with Crippen molar-refractivity contribution in [1.29, 1.82) is 0 Å². The number of nitrogens with two attached hydrogens (primary N) is 1. The molecule has 4 aliphatic heterocycles. The summed E-state index contributed by atoms with van der Waals surface area (Å²) in [7, 11) is 0. The lowest BCUT2D eigenvalue weighted by atomic mass is 9.88. The Morgan fingerprint density at radius 2 is 1.78 bits per heavy atom. The molecule has 0 aliphatic carbocycles.